The second-order valence-electron chi connectivity index (χ2n) is 7.94. The van der Waals surface area contributed by atoms with Gasteiger partial charge in [0.2, 0.25) is 11.8 Å². The van der Waals surface area contributed by atoms with E-state index in [1.807, 2.05) is 55.2 Å². The predicted molar refractivity (Wildman–Crippen MR) is 118 cm³/mol. The topological polar surface area (TPSA) is 64.3 Å². The maximum Gasteiger partial charge on any atom is 0.335 e. The van der Waals surface area contributed by atoms with E-state index < -0.39 is 0 Å². The van der Waals surface area contributed by atoms with E-state index in [2.05, 4.69) is 0 Å². The zero-order chi connectivity index (χ0) is 21.4. The number of fused-ring (bicyclic) bond motifs is 1. The Morgan fingerprint density at radius 2 is 1.70 bits per heavy atom. The Morgan fingerprint density at radius 1 is 1.03 bits per heavy atom. The number of aromatic nitrogens is 2. The van der Waals surface area contributed by atoms with E-state index >= 15 is 0 Å². The number of amides is 1. The van der Waals surface area contributed by atoms with Crippen LogP contribution in [-0.4, -0.2) is 38.9 Å². The average molecular weight is 405 g/mol. The van der Waals surface area contributed by atoms with Gasteiger partial charge < -0.3 is 4.90 Å². The summed E-state index contributed by atoms with van der Waals surface area (Å²) in [7, 11) is 0. The molecule has 0 saturated carbocycles. The Morgan fingerprint density at radius 3 is 2.30 bits per heavy atom. The monoisotopic (exact) mass is 405 g/mol. The predicted octanol–water partition coefficient (Wildman–Crippen LogP) is 3.53. The number of hydrogen-bond donors (Lipinski definition) is 0. The minimum Gasteiger partial charge on any atom is -0.339 e. The Kier molecular flexibility index (Phi) is 5.33. The van der Waals surface area contributed by atoms with Crippen molar-refractivity contribution in [2.45, 2.75) is 40.2 Å². The molecule has 1 saturated heterocycles. The summed E-state index contributed by atoms with van der Waals surface area (Å²) in [5, 5.41) is 0. The van der Waals surface area contributed by atoms with Crippen LogP contribution in [0.15, 0.2) is 40.7 Å². The van der Waals surface area contributed by atoms with Crippen LogP contribution in [0.1, 0.15) is 55.4 Å². The molecule has 0 N–H and O–H groups in total. The van der Waals surface area contributed by atoms with Crippen molar-refractivity contribution >= 4 is 29.5 Å². The zero-order valence-electron chi connectivity index (χ0n) is 17.7. The number of hydrogen-bond acceptors (Lipinski definition) is 3. The highest BCUT2D eigenvalue weighted by Crippen LogP contribution is 2.37. The first kappa shape index (κ1) is 20.1. The van der Waals surface area contributed by atoms with Crippen molar-refractivity contribution < 1.29 is 9.59 Å². The molecule has 0 radical (unpaired) electrons. The molecule has 1 aromatic carbocycles. The van der Waals surface area contributed by atoms with Crippen LogP contribution in [0.4, 0.5) is 0 Å². The van der Waals surface area contributed by atoms with Crippen molar-refractivity contribution in [3.8, 4) is 0 Å². The highest BCUT2D eigenvalue weighted by molar-refractivity contribution is 6.04. The summed E-state index contributed by atoms with van der Waals surface area (Å²) < 4.78 is 2.79. The van der Waals surface area contributed by atoms with Gasteiger partial charge in [0.25, 0.3) is 0 Å². The van der Waals surface area contributed by atoms with Crippen molar-refractivity contribution in [3.63, 3.8) is 0 Å². The first-order valence-electron chi connectivity index (χ1n) is 10.6. The van der Waals surface area contributed by atoms with Gasteiger partial charge in [0.1, 0.15) is 0 Å². The van der Waals surface area contributed by atoms with E-state index in [0.717, 1.165) is 37.1 Å². The van der Waals surface area contributed by atoms with Crippen molar-refractivity contribution in [1.29, 1.82) is 0 Å². The van der Waals surface area contributed by atoms with Gasteiger partial charge in [-0.1, -0.05) is 37.3 Å². The van der Waals surface area contributed by atoms with Crippen LogP contribution in [0, 0.1) is 5.92 Å². The minimum absolute atomic E-state index is 0.0125. The van der Waals surface area contributed by atoms with E-state index in [1.54, 1.807) is 10.6 Å². The molecule has 6 heteroatoms. The molecule has 4 rings (SSSR count). The highest BCUT2D eigenvalue weighted by atomic mass is 16.2. The summed E-state index contributed by atoms with van der Waals surface area (Å²) in [6.07, 6.45) is 5.75. The molecule has 1 aliphatic carbocycles. The van der Waals surface area contributed by atoms with Crippen LogP contribution in [0.3, 0.4) is 0 Å². The largest absolute Gasteiger partial charge is 0.339 e. The molecule has 2 aromatic rings. The summed E-state index contributed by atoms with van der Waals surface area (Å²) in [5.41, 5.74) is 3.40. The number of carbonyl (C=O) groups excluding carboxylic acids is 2. The summed E-state index contributed by atoms with van der Waals surface area (Å²) in [6.45, 7) is 7.23. The number of imidazole rings is 1. The second kappa shape index (κ2) is 7.94. The summed E-state index contributed by atoms with van der Waals surface area (Å²) in [4.78, 5) is 40.6. The van der Waals surface area contributed by atoms with E-state index in [1.165, 1.54) is 11.5 Å². The molecule has 0 spiro atoms. The fourth-order valence-corrected chi connectivity index (χ4v) is 4.51. The Bertz CT molecular complexity index is 1110. The van der Waals surface area contributed by atoms with Gasteiger partial charge in [-0.3, -0.25) is 14.2 Å². The Balaban J connectivity index is 2.00. The molecule has 2 aliphatic rings. The summed E-state index contributed by atoms with van der Waals surface area (Å²) >= 11 is 0. The molecule has 1 atom stereocenters. The molecule has 0 bridgehead atoms. The lowest BCUT2D eigenvalue weighted by Gasteiger charge is -2.23. The third-order valence-corrected chi connectivity index (χ3v) is 6.11. The SMILES string of the molecule is CCn1c2c(n(C(C)=O)c1=O)C=C(C(=O)N1CCCC1)[C@H](C)C(c1ccccc1)=C2. The fourth-order valence-electron chi connectivity index (χ4n) is 4.51. The molecule has 2 heterocycles. The van der Waals surface area contributed by atoms with Gasteiger partial charge in [-0.2, -0.15) is 0 Å². The molecule has 30 heavy (non-hydrogen) atoms. The van der Waals surface area contributed by atoms with E-state index in [0.29, 0.717) is 23.5 Å². The van der Waals surface area contributed by atoms with Crippen LogP contribution in [0.2, 0.25) is 0 Å². The van der Waals surface area contributed by atoms with Crippen LogP contribution < -0.4 is 5.69 Å². The number of benzene rings is 1. The molecule has 1 aromatic heterocycles. The van der Waals surface area contributed by atoms with Gasteiger partial charge in [-0.25, -0.2) is 9.36 Å². The lowest BCUT2D eigenvalue weighted by molar-refractivity contribution is -0.126. The van der Waals surface area contributed by atoms with E-state index in [4.69, 9.17) is 0 Å². The van der Waals surface area contributed by atoms with Gasteiger partial charge in [-0.15, -0.1) is 0 Å². The quantitative estimate of drug-likeness (QED) is 0.785. The molecule has 1 aliphatic heterocycles. The molecule has 0 unspecified atom stereocenters. The zero-order valence-corrected chi connectivity index (χ0v) is 17.7. The molecular weight excluding hydrogens is 378 g/mol. The van der Waals surface area contributed by atoms with E-state index in [-0.39, 0.29) is 23.4 Å². The highest BCUT2D eigenvalue weighted by Gasteiger charge is 2.32. The fraction of sp³-hybridized carbons (Fsp3) is 0.375. The van der Waals surface area contributed by atoms with Gasteiger partial charge >= 0.3 is 5.69 Å². The summed E-state index contributed by atoms with van der Waals surface area (Å²) in [6, 6.07) is 9.92. The molecule has 156 valence electrons. The van der Waals surface area contributed by atoms with Crippen molar-refractivity contribution in [2.24, 2.45) is 5.92 Å². The van der Waals surface area contributed by atoms with Gasteiger partial charge in [0, 0.05) is 38.0 Å². The second-order valence-corrected chi connectivity index (χ2v) is 7.94. The van der Waals surface area contributed by atoms with Crippen molar-refractivity contribution in [1.82, 2.24) is 14.0 Å². The van der Waals surface area contributed by atoms with Crippen LogP contribution in [0.25, 0.3) is 17.7 Å². The molecule has 1 amide bonds. The first-order valence-corrected chi connectivity index (χ1v) is 10.6. The number of allylic oxidation sites excluding steroid dienone is 1. The number of likely N-dealkylation sites (tertiary alicyclic amines) is 1. The summed E-state index contributed by atoms with van der Waals surface area (Å²) in [5.74, 6) is -0.535. The first-order chi connectivity index (χ1) is 14.4. The Labute approximate surface area is 176 Å². The average Bonchev–Trinajstić information content (AvgIpc) is 3.33. The number of rotatable bonds is 3. The standard InChI is InChI=1S/C24H27N3O3/c1-4-26-21-14-19(18-10-6-5-7-11-18)16(2)20(23(29)25-12-8-9-13-25)15-22(21)27(17(3)28)24(26)30/h5-7,10-11,14-16H,4,8-9,12-13H2,1-3H3/t16-/m1/s1. The van der Waals surface area contributed by atoms with Crippen LogP contribution >= 0.6 is 0 Å². The Hall–Kier alpha value is -3.15. The number of carbonyl (C=O) groups is 2. The van der Waals surface area contributed by atoms with Gasteiger partial charge in [-0.05, 0) is 43.1 Å². The van der Waals surface area contributed by atoms with Gasteiger partial charge in [0.05, 0.1) is 11.4 Å². The van der Waals surface area contributed by atoms with E-state index in [9.17, 15) is 14.4 Å². The van der Waals surface area contributed by atoms with Crippen molar-refractivity contribution in [3.05, 3.63) is 63.3 Å². The number of nitrogens with zero attached hydrogens (tertiary/aromatic N) is 3. The van der Waals surface area contributed by atoms with Crippen molar-refractivity contribution in [2.75, 3.05) is 13.1 Å². The van der Waals surface area contributed by atoms with Crippen LogP contribution in [-0.2, 0) is 11.3 Å². The van der Waals surface area contributed by atoms with Crippen LogP contribution in [0.5, 0.6) is 0 Å². The molecule has 6 nitrogen and oxygen atoms in total. The maximum absolute atomic E-state index is 13.4. The molecule has 1 fully saturated rings. The maximum atomic E-state index is 13.4. The minimum atomic E-state index is -0.363. The van der Waals surface area contributed by atoms with Gasteiger partial charge in [0.15, 0.2) is 0 Å². The lowest BCUT2D eigenvalue weighted by atomic mass is 9.87. The normalized spacial score (nSPS) is 18.5. The lowest BCUT2D eigenvalue weighted by Crippen LogP contribution is -2.32. The molecular formula is C24H27N3O3. The third kappa shape index (κ3) is 3.26. The third-order valence-electron chi connectivity index (χ3n) is 6.11. The smallest absolute Gasteiger partial charge is 0.335 e.